The number of carbonyl (C=O) groups is 2. The Kier molecular flexibility index (Phi) is 5.99. The predicted octanol–water partition coefficient (Wildman–Crippen LogP) is 0.267. The highest BCUT2D eigenvalue weighted by Crippen LogP contribution is 2.18. The molecule has 0 bridgehead atoms. The molecule has 25 heavy (non-hydrogen) atoms. The molecule has 7 nitrogen and oxygen atoms in total. The number of aromatic nitrogens is 1. The van der Waals surface area contributed by atoms with E-state index in [9.17, 15) is 9.59 Å². The van der Waals surface area contributed by atoms with Gasteiger partial charge in [-0.15, -0.1) is 0 Å². The first-order valence-electron chi connectivity index (χ1n) is 8.89. The van der Waals surface area contributed by atoms with E-state index >= 15 is 0 Å². The fourth-order valence-electron chi connectivity index (χ4n) is 3.45. The van der Waals surface area contributed by atoms with E-state index in [1.54, 1.807) is 4.90 Å². The van der Waals surface area contributed by atoms with Crippen LogP contribution in [-0.4, -0.2) is 72.0 Å². The smallest absolute Gasteiger partial charge is 0.249 e. The van der Waals surface area contributed by atoms with Gasteiger partial charge in [0.15, 0.2) is 0 Å². The van der Waals surface area contributed by atoms with E-state index in [0.717, 1.165) is 31.7 Å². The number of amides is 2. The minimum Gasteiger partial charge on any atom is -0.370 e. The minimum absolute atomic E-state index is 0.0784. The third-order valence-corrected chi connectivity index (χ3v) is 4.87. The molecule has 1 aromatic rings. The lowest BCUT2D eigenvalue weighted by Crippen LogP contribution is -2.53. The molecule has 7 heteroatoms. The number of nitrogens with one attached hydrogen (secondary N) is 1. The Hall–Kier alpha value is -1.99. The van der Waals surface area contributed by atoms with Gasteiger partial charge in [-0.2, -0.15) is 0 Å². The Morgan fingerprint density at radius 1 is 1.40 bits per heavy atom. The van der Waals surface area contributed by atoms with Crippen molar-refractivity contribution in [3.63, 3.8) is 0 Å². The lowest BCUT2D eigenvalue weighted by atomic mass is 9.93. The van der Waals surface area contributed by atoms with E-state index in [-0.39, 0.29) is 31.0 Å². The number of nitrogens with zero attached hydrogens (tertiary/aromatic N) is 3. The van der Waals surface area contributed by atoms with E-state index < -0.39 is 0 Å². The first-order chi connectivity index (χ1) is 12.1. The molecule has 3 heterocycles. The van der Waals surface area contributed by atoms with Gasteiger partial charge in [-0.25, -0.2) is 0 Å². The fourth-order valence-corrected chi connectivity index (χ4v) is 3.45. The second-order valence-corrected chi connectivity index (χ2v) is 6.86. The van der Waals surface area contributed by atoms with Crippen LogP contribution in [0.2, 0.25) is 0 Å². The molecule has 0 aliphatic carbocycles. The predicted molar refractivity (Wildman–Crippen MR) is 92.6 cm³/mol. The molecule has 2 unspecified atom stereocenters. The Balaban J connectivity index is 1.45. The number of rotatable bonds is 5. The van der Waals surface area contributed by atoms with Gasteiger partial charge in [-0.05, 0) is 24.5 Å². The lowest BCUT2D eigenvalue weighted by molar-refractivity contribution is -0.146. The Labute approximate surface area is 148 Å². The fraction of sp³-hybridized carbons (Fsp3) is 0.611. The van der Waals surface area contributed by atoms with Crippen LogP contribution in [-0.2, 0) is 20.9 Å². The standard InChI is InChI=1S/C18H26N4O3/c1-14-10-21(11-15-4-2-3-6-19-15)7-5-16(14)20-17(23)12-22-8-9-25-13-18(22)24/h2-4,6,14,16H,5,7-13H2,1H3,(H,20,23). The van der Waals surface area contributed by atoms with Crippen LogP contribution in [0.3, 0.4) is 0 Å². The Morgan fingerprint density at radius 3 is 3.00 bits per heavy atom. The Bertz CT molecular complexity index is 595. The highest BCUT2D eigenvalue weighted by atomic mass is 16.5. The molecule has 0 radical (unpaired) electrons. The van der Waals surface area contributed by atoms with Crippen molar-refractivity contribution in [2.24, 2.45) is 5.92 Å². The highest BCUT2D eigenvalue weighted by molar-refractivity contribution is 5.85. The van der Waals surface area contributed by atoms with Crippen molar-refractivity contribution < 1.29 is 14.3 Å². The first-order valence-corrected chi connectivity index (χ1v) is 8.89. The highest BCUT2D eigenvalue weighted by Gasteiger charge is 2.28. The van der Waals surface area contributed by atoms with E-state index in [4.69, 9.17) is 4.74 Å². The van der Waals surface area contributed by atoms with Crippen LogP contribution in [0.4, 0.5) is 0 Å². The number of carbonyl (C=O) groups excluding carboxylic acids is 2. The summed E-state index contributed by atoms with van der Waals surface area (Å²) in [7, 11) is 0. The van der Waals surface area contributed by atoms with Crippen molar-refractivity contribution in [1.82, 2.24) is 20.1 Å². The topological polar surface area (TPSA) is 74.8 Å². The molecule has 136 valence electrons. The zero-order valence-corrected chi connectivity index (χ0v) is 14.7. The number of hydrogen-bond acceptors (Lipinski definition) is 5. The van der Waals surface area contributed by atoms with Gasteiger partial charge < -0.3 is 15.0 Å². The molecule has 1 N–H and O–H groups in total. The molecular weight excluding hydrogens is 320 g/mol. The molecule has 2 aliphatic heterocycles. The number of likely N-dealkylation sites (tertiary alicyclic amines) is 1. The van der Waals surface area contributed by atoms with Crippen molar-refractivity contribution in [2.75, 3.05) is 39.4 Å². The summed E-state index contributed by atoms with van der Waals surface area (Å²) in [6.07, 6.45) is 2.73. The molecule has 2 aliphatic rings. The summed E-state index contributed by atoms with van der Waals surface area (Å²) in [5.74, 6) is 0.173. The van der Waals surface area contributed by atoms with Crippen molar-refractivity contribution in [3.05, 3.63) is 30.1 Å². The van der Waals surface area contributed by atoms with Crippen molar-refractivity contribution in [2.45, 2.75) is 25.9 Å². The van der Waals surface area contributed by atoms with Crippen LogP contribution >= 0.6 is 0 Å². The van der Waals surface area contributed by atoms with Crippen molar-refractivity contribution in [1.29, 1.82) is 0 Å². The van der Waals surface area contributed by atoms with E-state index in [0.29, 0.717) is 19.1 Å². The average molecular weight is 346 g/mol. The van der Waals surface area contributed by atoms with Gasteiger partial charge in [0.1, 0.15) is 6.61 Å². The number of morpholine rings is 1. The van der Waals surface area contributed by atoms with Gasteiger partial charge in [0.2, 0.25) is 11.8 Å². The summed E-state index contributed by atoms with van der Waals surface area (Å²) in [6, 6.07) is 6.13. The van der Waals surface area contributed by atoms with Crippen molar-refractivity contribution >= 4 is 11.8 Å². The molecule has 2 saturated heterocycles. The zero-order chi connectivity index (χ0) is 17.6. The molecule has 1 aromatic heterocycles. The van der Waals surface area contributed by atoms with Crippen LogP contribution in [0, 0.1) is 5.92 Å². The minimum atomic E-state index is -0.111. The van der Waals surface area contributed by atoms with Gasteiger partial charge in [-0.1, -0.05) is 13.0 Å². The lowest BCUT2D eigenvalue weighted by Gasteiger charge is -2.37. The Morgan fingerprint density at radius 2 is 2.28 bits per heavy atom. The molecule has 2 fully saturated rings. The maximum Gasteiger partial charge on any atom is 0.249 e. The molecule has 2 amide bonds. The van der Waals surface area contributed by atoms with E-state index in [1.807, 2.05) is 24.4 Å². The molecule has 0 aromatic carbocycles. The molecule has 0 saturated carbocycles. The SMILES string of the molecule is CC1CN(Cc2ccccn2)CCC1NC(=O)CN1CCOCC1=O. The van der Waals surface area contributed by atoms with Crippen LogP contribution in [0.1, 0.15) is 19.0 Å². The second-order valence-electron chi connectivity index (χ2n) is 6.86. The summed E-state index contributed by atoms with van der Waals surface area (Å²) in [6.45, 7) is 6.06. The van der Waals surface area contributed by atoms with E-state index in [1.165, 1.54) is 0 Å². The monoisotopic (exact) mass is 346 g/mol. The van der Waals surface area contributed by atoms with Gasteiger partial charge >= 0.3 is 0 Å². The van der Waals surface area contributed by atoms with Crippen molar-refractivity contribution in [3.8, 4) is 0 Å². The van der Waals surface area contributed by atoms with E-state index in [2.05, 4.69) is 22.1 Å². The normalized spacial score (nSPS) is 25.0. The van der Waals surface area contributed by atoms with Gasteiger partial charge in [0.25, 0.3) is 0 Å². The number of pyridine rings is 1. The van der Waals surface area contributed by atoms with Crippen LogP contribution in [0.15, 0.2) is 24.4 Å². The quantitative estimate of drug-likeness (QED) is 0.828. The van der Waals surface area contributed by atoms with Gasteiger partial charge in [0, 0.05) is 38.4 Å². The molecule has 3 rings (SSSR count). The summed E-state index contributed by atoms with van der Waals surface area (Å²) < 4.78 is 5.09. The third kappa shape index (κ3) is 4.99. The molecule has 0 spiro atoms. The summed E-state index contributed by atoms with van der Waals surface area (Å²) in [4.78, 5) is 32.3. The van der Waals surface area contributed by atoms with Crippen LogP contribution < -0.4 is 5.32 Å². The largest absolute Gasteiger partial charge is 0.370 e. The number of hydrogen-bond donors (Lipinski definition) is 1. The first kappa shape index (κ1) is 17.8. The number of piperidine rings is 1. The zero-order valence-electron chi connectivity index (χ0n) is 14.7. The maximum atomic E-state index is 12.3. The maximum absolute atomic E-state index is 12.3. The third-order valence-electron chi connectivity index (χ3n) is 4.87. The number of ether oxygens (including phenoxy) is 1. The van der Waals surface area contributed by atoms with Crippen LogP contribution in [0.25, 0.3) is 0 Å². The summed E-state index contributed by atoms with van der Waals surface area (Å²) in [5.41, 5.74) is 1.07. The average Bonchev–Trinajstić information content (AvgIpc) is 2.60. The summed E-state index contributed by atoms with van der Waals surface area (Å²) in [5, 5.41) is 3.10. The summed E-state index contributed by atoms with van der Waals surface area (Å²) >= 11 is 0. The van der Waals surface area contributed by atoms with Gasteiger partial charge in [0.05, 0.1) is 18.8 Å². The molecular formula is C18H26N4O3. The second kappa shape index (κ2) is 8.40. The van der Waals surface area contributed by atoms with Gasteiger partial charge in [-0.3, -0.25) is 19.5 Å². The van der Waals surface area contributed by atoms with Crippen LogP contribution in [0.5, 0.6) is 0 Å². The molecule has 2 atom stereocenters.